The molecule has 0 radical (unpaired) electrons. The Hall–Kier alpha value is -3.39. The van der Waals surface area contributed by atoms with Crippen molar-refractivity contribution < 1.29 is 23.7 Å². The molecule has 2 heterocycles. The van der Waals surface area contributed by atoms with Gasteiger partial charge in [0.05, 0.1) is 31.0 Å². The molecule has 1 atom stereocenters. The quantitative estimate of drug-likeness (QED) is 0.360. The van der Waals surface area contributed by atoms with Crippen molar-refractivity contribution in [3.05, 3.63) is 76.5 Å². The van der Waals surface area contributed by atoms with E-state index < -0.39 is 0 Å². The lowest BCUT2D eigenvalue weighted by Gasteiger charge is -2.33. The molecule has 2 aliphatic rings. The van der Waals surface area contributed by atoms with E-state index in [1.54, 1.807) is 14.0 Å². The first-order chi connectivity index (χ1) is 16.5. The molecule has 0 amide bonds. The molecule has 1 unspecified atom stereocenters. The number of benzene rings is 2. The maximum absolute atomic E-state index is 12.8. The van der Waals surface area contributed by atoms with E-state index in [1.807, 2.05) is 72.8 Å². The highest BCUT2D eigenvalue weighted by Crippen LogP contribution is 2.43. The van der Waals surface area contributed by atoms with Crippen LogP contribution in [-0.2, 0) is 9.53 Å². The van der Waals surface area contributed by atoms with Gasteiger partial charge in [0.15, 0.2) is 16.7 Å². The first-order valence-electron chi connectivity index (χ1n) is 11.1. The highest BCUT2D eigenvalue weighted by Gasteiger charge is 2.37. The third kappa shape index (κ3) is 4.92. The number of ether oxygens (including phenoxy) is 4. The Kier molecular flexibility index (Phi) is 7.47. The van der Waals surface area contributed by atoms with Crippen LogP contribution in [0.1, 0.15) is 31.0 Å². The highest BCUT2D eigenvalue weighted by molar-refractivity contribution is 8.16. The molecule has 2 aromatic rings. The van der Waals surface area contributed by atoms with Gasteiger partial charge in [-0.25, -0.2) is 9.79 Å². The minimum Gasteiger partial charge on any atom is -0.493 e. The van der Waals surface area contributed by atoms with E-state index in [0.717, 1.165) is 22.0 Å². The topological polar surface area (TPSA) is 69.6 Å². The van der Waals surface area contributed by atoms with Crippen LogP contribution in [0.5, 0.6) is 17.2 Å². The summed E-state index contributed by atoms with van der Waals surface area (Å²) in [5.74, 6) is 1.65. The lowest BCUT2D eigenvalue weighted by molar-refractivity contribution is -0.139. The maximum Gasteiger partial charge on any atom is 0.338 e. The molecule has 0 N–H and O–H groups in total. The number of allylic oxidation sites excluding steroid dienone is 1. The molecule has 0 fully saturated rings. The summed E-state index contributed by atoms with van der Waals surface area (Å²) in [5.41, 5.74) is 3.12. The van der Waals surface area contributed by atoms with E-state index in [9.17, 15) is 4.79 Å². The second kappa shape index (κ2) is 10.7. The second-order valence-corrected chi connectivity index (χ2v) is 8.57. The van der Waals surface area contributed by atoms with Crippen LogP contribution < -0.4 is 14.2 Å². The Balaban J connectivity index is 1.53. The first kappa shape index (κ1) is 23.8. The van der Waals surface area contributed by atoms with Crippen molar-refractivity contribution in [2.75, 3.05) is 26.9 Å². The molecule has 0 aromatic heterocycles. The summed E-state index contributed by atoms with van der Waals surface area (Å²) in [4.78, 5) is 19.4. The zero-order valence-electron chi connectivity index (χ0n) is 19.7. The van der Waals surface area contributed by atoms with Crippen molar-refractivity contribution in [2.24, 2.45) is 4.99 Å². The van der Waals surface area contributed by atoms with Crippen molar-refractivity contribution in [1.82, 2.24) is 4.90 Å². The molecular formula is C26H28N2O5S. The van der Waals surface area contributed by atoms with Crippen LogP contribution in [0.15, 0.2) is 70.3 Å². The molecule has 8 heteroatoms. The molecule has 7 nitrogen and oxygen atoms in total. The lowest BCUT2D eigenvalue weighted by Crippen LogP contribution is -2.34. The van der Waals surface area contributed by atoms with Crippen LogP contribution in [0.25, 0.3) is 0 Å². The van der Waals surface area contributed by atoms with Gasteiger partial charge in [-0.15, -0.1) is 0 Å². The minimum atomic E-state index is -0.370. The van der Waals surface area contributed by atoms with Gasteiger partial charge in [0.2, 0.25) is 0 Å². The molecule has 0 aliphatic carbocycles. The maximum atomic E-state index is 12.8. The number of aryl methyl sites for hydroxylation is 1. The molecule has 0 saturated carbocycles. The molecule has 0 saturated heterocycles. The number of fused-ring (bicyclic) bond motifs is 1. The number of thioether (sulfide) groups is 1. The second-order valence-electron chi connectivity index (χ2n) is 7.70. The highest BCUT2D eigenvalue weighted by atomic mass is 32.2. The smallest absolute Gasteiger partial charge is 0.338 e. The van der Waals surface area contributed by atoms with Gasteiger partial charge in [0, 0.05) is 6.20 Å². The van der Waals surface area contributed by atoms with Gasteiger partial charge in [-0.1, -0.05) is 36.0 Å². The summed E-state index contributed by atoms with van der Waals surface area (Å²) in [6.45, 7) is 6.71. The van der Waals surface area contributed by atoms with Gasteiger partial charge in [-0.3, -0.25) is 0 Å². The van der Waals surface area contributed by atoms with E-state index in [-0.39, 0.29) is 12.0 Å². The Morgan fingerprint density at radius 3 is 2.56 bits per heavy atom. The average Bonchev–Trinajstić information content (AvgIpc) is 3.30. The van der Waals surface area contributed by atoms with Gasteiger partial charge < -0.3 is 23.8 Å². The van der Waals surface area contributed by atoms with Crippen LogP contribution in [0, 0.1) is 6.92 Å². The summed E-state index contributed by atoms with van der Waals surface area (Å²) in [5, 5.41) is 2.78. The number of aliphatic imine (C=N–C) groups is 1. The van der Waals surface area contributed by atoms with Crippen molar-refractivity contribution in [1.29, 1.82) is 0 Å². The fourth-order valence-electron chi connectivity index (χ4n) is 3.89. The standard InChI is InChI=1S/C26H28N2O5S/c1-5-31-25(29)23-18(3)27-26-28(12-15-34-26)24(23)19-10-11-21(22(16-19)30-4)33-14-13-32-20-9-7-6-8-17(20)2/h6-12,15-16,24H,5,13-14H2,1-4H3. The van der Waals surface area contributed by atoms with Gasteiger partial charge >= 0.3 is 5.97 Å². The van der Waals surface area contributed by atoms with Crippen LogP contribution in [0.2, 0.25) is 0 Å². The monoisotopic (exact) mass is 480 g/mol. The number of hydrogen-bond donors (Lipinski definition) is 0. The van der Waals surface area contributed by atoms with E-state index in [1.165, 1.54) is 11.8 Å². The summed E-state index contributed by atoms with van der Waals surface area (Å²) in [7, 11) is 1.60. The fourth-order valence-corrected chi connectivity index (χ4v) is 4.68. The number of carbonyl (C=O) groups is 1. The molecule has 0 spiro atoms. The largest absolute Gasteiger partial charge is 0.493 e. The van der Waals surface area contributed by atoms with Crippen LogP contribution in [0.3, 0.4) is 0 Å². The predicted octanol–water partition coefficient (Wildman–Crippen LogP) is 5.23. The summed E-state index contributed by atoms with van der Waals surface area (Å²) >= 11 is 1.52. The van der Waals surface area contributed by atoms with Gasteiger partial charge in [-0.2, -0.15) is 0 Å². The average molecular weight is 481 g/mol. The van der Waals surface area contributed by atoms with Gasteiger partial charge in [-0.05, 0) is 55.5 Å². The number of esters is 1. The number of hydrogen-bond acceptors (Lipinski definition) is 8. The van der Waals surface area contributed by atoms with Crippen molar-refractivity contribution in [2.45, 2.75) is 26.8 Å². The van der Waals surface area contributed by atoms with Crippen LogP contribution in [0.4, 0.5) is 0 Å². The SMILES string of the molecule is CCOC(=O)C1=C(C)N=C2SC=CN2C1c1ccc(OCCOc2ccccc2C)c(OC)c1. The van der Waals surface area contributed by atoms with E-state index in [2.05, 4.69) is 4.99 Å². The summed E-state index contributed by atoms with van der Waals surface area (Å²) in [6.07, 6.45) is 1.93. The number of para-hydroxylation sites is 1. The normalized spacial score (nSPS) is 16.8. The Bertz CT molecular complexity index is 1160. The van der Waals surface area contributed by atoms with Gasteiger partial charge in [0.1, 0.15) is 19.0 Å². The first-order valence-corrected chi connectivity index (χ1v) is 12.0. The van der Waals surface area contributed by atoms with Crippen molar-refractivity contribution >= 4 is 22.9 Å². The Labute approximate surface area is 204 Å². The third-order valence-corrected chi connectivity index (χ3v) is 6.28. The van der Waals surface area contributed by atoms with Crippen molar-refractivity contribution in [3.63, 3.8) is 0 Å². The molecular weight excluding hydrogens is 452 g/mol. The molecule has 34 heavy (non-hydrogen) atoms. The zero-order chi connectivity index (χ0) is 24.1. The number of nitrogens with zero attached hydrogens (tertiary/aromatic N) is 2. The van der Waals surface area contributed by atoms with Crippen LogP contribution >= 0.6 is 11.8 Å². The summed E-state index contributed by atoms with van der Waals surface area (Å²) in [6, 6.07) is 13.2. The Morgan fingerprint density at radius 1 is 1.06 bits per heavy atom. The molecule has 4 rings (SSSR count). The van der Waals surface area contributed by atoms with Crippen molar-refractivity contribution in [3.8, 4) is 17.2 Å². The fraction of sp³-hybridized carbons (Fsp3) is 0.308. The van der Waals surface area contributed by atoms with E-state index >= 15 is 0 Å². The number of methoxy groups -OCH3 is 1. The molecule has 2 aromatic carbocycles. The number of amidine groups is 1. The number of carbonyl (C=O) groups excluding carboxylic acids is 1. The molecule has 0 bridgehead atoms. The Morgan fingerprint density at radius 2 is 1.82 bits per heavy atom. The predicted molar refractivity (Wildman–Crippen MR) is 133 cm³/mol. The van der Waals surface area contributed by atoms with E-state index in [4.69, 9.17) is 18.9 Å². The molecule has 178 valence electrons. The molecule has 2 aliphatic heterocycles. The van der Waals surface area contributed by atoms with E-state index in [0.29, 0.717) is 42.6 Å². The summed E-state index contributed by atoms with van der Waals surface area (Å²) < 4.78 is 22.7. The minimum absolute atomic E-state index is 0.296. The van der Waals surface area contributed by atoms with Crippen LogP contribution in [-0.4, -0.2) is 43.0 Å². The third-order valence-electron chi connectivity index (χ3n) is 5.51. The zero-order valence-corrected chi connectivity index (χ0v) is 20.6. The van der Waals surface area contributed by atoms with Gasteiger partial charge in [0.25, 0.3) is 0 Å². The lowest BCUT2D eigenvalue weighted by atomic mass is 9.94. The number of rotatable bonds is 9.